The Labute approximate surface area is 116 Å². The molecule has 0 aliphatic rings. The zero-order valence-electron chi connectivity index (χ0n) is 9.31. The van der Waals surface area contributed by atoms with Crippen molar-refractivity contribution in [2.75, 3.05) is 0 Å². The molecule has 0 radical (unpaired) electrons. The number of benzene rings is 1. The predicted octanol–water partition coefficient (Wildman–Crippen LogP) is 4.58. The van der Waals surface area contributed by atoms with Gasteiger partial charge < -0.3 is 5.11 Å². The van der Waals surface area contributed by atoms with Gasteiger partial charge in [0.1, 0.15) is 0 Å². The lowest BCUT2D eigenvalue weighted by atomic mass is 10.0. The first-order valence-corrected chi connectivity index (χ1v) is 5.61. The molecule has 0 spiro atoms. The van der Waals surface area contributed by atoms with Crippen molar-refractivity contribution < 1.29 is 36.2 Å². The van der Waals surface area contributed by atoms with Crippen LogP contribution < -0.4 is 0 Å². The summed E-state index contributed by atoms with van der Waals surface area (Å²) in [6.07, 6.45) is -9.13. The van der Waals surface area contributed by atoms with Crippen molar-refractivity contribution in [3.8, 4) is 0 Å². The molecule has 0 atom stereocenters. The summed E-state index contributed by atoms with van der Waals surface area (Å²) in [6.45, 7) is 0. The topological polar surface area (TPSA) is 37.3 Å². The van der Waals surface area contributed by atoms with Crippen LogP contribution in [0.2, 0.25) is 0 Å². The SMILES string of the molecule is O=C(O)/C=C/c1ccc(C(F)(F)F)c(C(F)(F)F)c1Br. The normalized spacial score (nSPS) is 12.9. The molecule has 110 valence electrons. The van der Waals surface area contributed by atoms with Crippen molar-refractivity contribution in [3.63, 3.8) is 0 Å². The van der Waals surface area contributed by atoms with E-state index in [0.29, 0.717) is 6.08 Å². The molecule has 9 heteroatoms. The number of rotatable bonds is 2. The van der Waals surface area contributed by atoms with Gasteiger partial charge in [0.25, 0.3) is 0 Å². The van der Waals surface area contributed by atoms with Crippen LogP contribution in [0.15, 0.2) is 22.7 Å². The molecule has 0 saturated heterocycles. The first kappa shape index (κ1) is 16.5. The van der Waals surface area contributed by atoms with E-state index in [4.69, 9.17) is 5.11 Å². The van der Waals surface area contributed by atoms with Crippen LogP contribution in [0, 0.1) is 0 Å². The lowest BCUT2D eigenvalue weighted by Crippen LogP contribution is -2.17. The van der Waals surface area contributed by atoms with Crippen molar-refractivity contribution in [2.45, 2.75) is 12.4 Å². The molecule has 0 fully saturated rings. The summed E-state index contributed by atoms with van der Waals surface area (Å²) < 4.78 is 75.1. The summed E-state index contributed by atoms with van der Waals surface area (Å²) in [6, 6.07) is 1.01. The lowest BCUT2D eigenvalue weighted by molar-refractivity contribution is -0.162. The van der Waals surface area contributed by atoms with Crippen LogP contribution in [0.3, 0.4) is 0 Å². The fourth-order valence-electron chi connectivity index (χ4n) is 1.40. The fraction of sp³-hybridized carbons (Fsp3) is 0.182. The maximum atomic E-state index is 12.7. The first-order chi connectivity index (χ1) is 8.94. The first-order valence-electron chi connectivity index (χ1n) is 4.82. The summed E-state index contributed by atoms with van der Waals surface area (Å²) in [4.78, 5) is 10.3. The average molecular weight is 363 g/mol. The van der Waals surface area contributed by atoms with Gasteiger partial charge in [-0.25, -0.2) is 4.79 Å². The molecule has 1 aromatic carbocycles. The molecule has 0 aromatic heterocycles. The van der Waals surface area contributed by atoms with E-state index in [1.807, 2.05) is 0 Å². The minimum absolute atomic E-state index is 0.259. The summed E-state index contributed by atoms with van der Waals surface area (Å²) in [7, 11) is 0. The van der Waals surface area contributed by atoms with E-state index in [1.165, 1.54) is 0 Å². The number of carboxylic acid groups (broad SMARTS) is 1. The second-order valence-corrected chi connectivity index (χ2v) is 4.35. The van der Waals surface area contributed by atoms with E-state index in [9.17, 15) is 31.1 Å². The van der Waals surface area contributed by atoms with Crippen molar-refractivity contribution in [3.05, 3.63) is 39.4 Å². The Hall–Kier alpha value is -1.51. The average Bonchev–Trinajstić information content (AvgIpc) is 2.23. The molecule has 1 N–H and O–H groups in total. The van der Waals surface area contributed by atoms with Crippen LogP contribution >= 0.6 is 15.9 Å². The molecule has 1 aromatic rings. The molecule has 0 aliphatic heterocycles. The highest BCUT2D eigenvalue weighted by Crippen LogP contribution is 2.45. The third kappa shape index (κ3) is 3.75. The minimum atomic E-state index is -5.24. The maximum absolute atomic E-state index is 12.7. The summed E-state index contributed by atoms with van der Waals surface area (Å²) >= 11 is 2.45. The quantitative estimate of drug-likeness (QED) is 0.617. The number of alkyl halides is 6. The van der Waals surface area contributed by atoms with Crippen LogP contribution in [0.5, 0.6) is 0 Å². The molecule has 0 heterocycles. The second kappa shape index (κ2) is 5.47. The molecule has 0 unspecified atom stereocenters. The molecular formula is C11H5BrF6O2. The number of hydrogen-bond donors (Lipinski definition) is 1. The summed E-state index contributed by atoms with van der Waals surface area (Å²) in [5, 5.41) is 8.37. The highest BCUT2D eigenvalue weighted by molar-refractivity contribution is 9.10. The Balaban J connectivity index is 3.56. The number of aliphatic carboxylic acids is 1. The standard InChI is InChI=1S/C11H5BrF6O2/c12-9-5(2-4-7(19)20)1-3-6(10(13,14)15)8(9)11(16,17)18/h1-4H,(H,19,20)/b4-2+. The Morgan fingerprint density at radius 1 is 1.10 bits per heavy atom. The van der Waals surface area contributed by atoms with Gasteiger partial charge in [-0.05, 0) is 33.6 Å². The Morgan fingerprint density at radius 3 is 2.05 bits per heavy atom. The molecular weight excluding hydrogens is 358 g/mol. The molecule has 1 rings (SSSR count). The van der Waals surface area contributed by atoms with Crippen LogP contribution in [-0.2, 0) is 17.1 Å². The van der Waals surface area contributed by atoms with Crippen LogP contribution in [-0.4, -0.2) is 11.1 Å². The monoisotopic (exact) mass is 362 g/mol. The van der Waals surface area contributed by atoms with Crippen LogP contribution in [0.25, 0.3) is 6.08 Å². The van der Waals surface area contributed by atoms with E-state index in [2.05, 4.69) is 15.9 Å². The van der Waals surface area contributed by atoms with E-state index in [1.54, 1.807) is 0 Å². The third-order valence-electron chi connectivity index (χ3n) is 2.17. The fourth-order valence-corrected chi connectivity index (χ4v) is 2.10. The Kier molecular flexibility index (Phi) is 4.52. The van der Waals surface area contributed by atoms with Crippen LogP contribution in [0.1, 0.15) is 16.7 Å². The molecule has 0 aliphatic carbocycles. The van der Waals surface area contributed by atoms with Gasteiger partial charge in [0, 0.05) is 10.5 Å². The Morgan fingerprint density at radius 2 is 1.65 bits per heavy atom. The largest absolute Gasteiger partial charge is 0.478 e. The molecule has 0 bridgehead atoms. The molecule has 0 amide bonds. The molecule has 20 heavy (non-hydrogen) atoms. The van der Waals surface area contributed by atoms with Crippen molar-refractivity contribution in [1.82, 2.24) is 0 Å². The smallest absolute Gasteiger partial charge is 0.418 e. The highest BCUT2D eigenvalue weighted by atomic mass is 79.9. The van der Waals surface area contributed by atoms with Crippen LogP contribution in [0.4, 0.5) is 26.3 Å². The van der Waals surface area contributed by atoms with Gasteiger partial charge in [-0.15, -0.1) is 0 Å². The Bertz CT molecular complexity index is 559. The molecule has 0 saturated carbocycles. The lowest BCUT2D eigenvalue weighted by Gasteiger charge is -2.18. The third-order valence-corrected chi connectivity index (χ3v) is 3.02. The van der Waals surface area contributed by atoms with Gasteiger partial charge in [-0.2, -0.15) is 26.3 Å². The number of carbonyl (C=O) groups is 1. The maximum Gasteiger partial charge on any atom is 0.418 e. The van der Waals surface area contributed by atoms with Crippen molar-refractivity contribution in [1.29, 1.82) is 0 Å². The van der Waals surface area contributed by atoms with Gasteiger partial charge in [0.15, 0.2) is 0 Å². The van der Waals surface area contributed by atoms with E-state index in [-0.39, 0.29) is 11.6 Å². The highest BCUT2D eigenvalue weighted by Gasteiger charge is 2.44. The summed E-state index contributed by atoms with van der Waals surface area (Å²) in [5.74, 6) is -1.44. The van der Waals surface area contributed by atoms with E-state index < -0.39 is 33.9 Å². The number of halogens is 7. The molecule has 2 nitrogen and oxygen atoms in total. The van der Waals surface area contributed by atoms with Gasteiger partial charge in [0.2, 0.25) is 0 Å². The number of hydrogen-bond acceptors (Lipinski definition) is 1. The number of carboxylic acids is 1. The van der Waals surface area contributed by atoms with Gasteiger partial charge in [0.05, 0.1) is 11.1 Å². The van der Waals surface area contributed by atoms with Gasteiger partial charge in [-0.3, -0.25) is 0 Å². The zero-order chi connectivity index (χ0) is 15.7. The van der Waals surface area contributed by atoms with Crippen molar-refractivity contribution >= 4 is 28.0 Å². The minimum Gasteiger partial charge on any atom is -0.478 e. The summed E-state index contributed by atoms with van der Waals surface area (Å²) in [5.41, 5.74) is -4.06. The van der Waals surface area contributed by atoms with Gasteiger partial charge in [-0.1, -0.05) is 6.07 Å². The second-order valence-electron chi connectivity index (χ2n) is 3.56. The zero-order valence-corrected chi connectivity index (χ0v) is 10.9. The van der Waals surface area contributed by atoms with E-state index in [0.717, 1.165) is 12.1 Å². The van der Waals surface area contributed by atoms with Gasteiger partial charge >= 0.3 is 18.3 Å². The predicted molar refractivity (Wildman–Crippen MR) is 60.8 cm³/mol. The van der Waals surface area contributed by atoms with E-state index >= 15 is 0 Å². The van der Waals surface area contributed by atoms with Crippen molar-refractivity contribution in [2.24, 2.45) is 0 Å².